The molecule has 0 fully saturated rings. The van der Waals surface area contributed by atoms with Gasteiger partial charge in [0.05, 0.1) is 12.2 Å². The van der Waals surface area contributed by atoms with Crippen LogP contribution in [-0.4, -0.2) is 32.0 Å². The lowest BCUT2D eigenvalue weighted by molar-refractivity contribution is -0.133. The van der Waals surface area contributed by atoms with E-state index in [4.69, 9.17) is 4.74 Å². The van der Waals surface area contributed by atoms with Gasteiger partial charge in [-0.05, 0) is 36.8 Å². The van der Waals surface area contributed by atoms with Gasteiger partial charge in [0.25, 0.3) is 0 Å². The third kappa shape index (κ3) is 3.18. The summed E-state index contributed by atoms with van der Waals surface area (Å²) in [5.41, 5.74) is 2.65. The molecule has 5 heteroatoms. The van der Waals surface area contributed by atoms with Crippen LogP contribution >= 0.6 is 0 Å². The predicted octanol–water partition coefficient (Wildman–Crippen LogP) is 2.38. The molecule has 0 saturated heterocycles. The molecule has 23 heavy (non-hydrogen) atoms. The van der Waals surface area contributed by atoms with Gasteiger partial charge in [0, 0.05) is 12.7 Å². The fourth-order valence-corrected chi connectivity index (χ4v) is 2.56. The molecule has 0 N–H and O–H groups in total. The summed E-state index contributed by atoms with van der Waals surface area (Å²) in [6.45, 7) is 2.16. The lowest BCUT2D eigenvalue weighted by atomic mass is 10.1. The molecule has 118 valence electrons. The standard InChI is InChI=1S/C18H18N2O3/c1-13-8-9-16-15(10-13)20(12-18(22)23-16)11-17(21)19(2)14-6-4-3-5-7-14/h3-10H,11-12H2,1-2H3. The number of amides is 1. The van der Waals surface area contributed by atoms with E-state index in [9.17, 15) is 9.59 Å². The summed E-state index contributed by atoms with van der Waals surface area (Å²) in [6, 6.07) is 15.0. The Labute approximate surface area is 135 Å². The normalized spacial score (nSPS) is 13.3. The number of rotatable bonds is 3. The molecule has 0 aromatic heterocycles. The Morgan fingerprint density at radius 1 is 1.22 bits per heavy atom. The number of likely N-dealkylation sites (N-methyl/N-ethyl adjacent to an activating group) is 1. The number of ether oxygens (including phenoxy) is 1. The number of fused-ring (bicyclic) bond motifs is 1. The van der Waals surface area contributed by atoms with Crippen molar-refractivity contribution in [1.82, 2.24) is 0 Å². The number of aryl methyl sites for hydroxylation is 1. The summed E-state index contributed by atoms with van der Waals surface area (Å²) < 4.78 is 5.24. The molecule has 1 amide bonds. The van der Waals surface area contributed by atoms with Crippen LogP contribution in [0.1, 0.15) is 5.56 Å². The minimum Gasteiger partial charge on any atom is -0.423 e. The van der Waals surface area contributed by atoms with Crippen LogP contribution in [0.5, 0.6) is 5.75 Å². The van der Waals surface area contributed by atoms with Crippen LogP contribution in [0.15, 0.2) is 48.5 Å². The van der Waals surface area contributed by atoms with E-state index in [-0.39, 0.29) is 25.0 Å². The molecule has 0 spiro atoms. The number of esters is 1. The second kappa shape index (κ2) is 6.12. The number of hydrogen-bond acceptors (Lipinski definition) is 4. The number of para-hydroxylation sites is 1. The van der Waals surface area contributed by atoms with Gasteiger partial charge >= 0.3 is 5.97 Å². The van der Waals surface area contributed by atoms with Crippen molar-refractivity contribution in [2.75, 3.05) is 29.9 Å². The van der Waals surface area contributed by atoms with Crippen molar-refractivity contribution in [3.8, 4) is 5.75 Å². The summed E-state index contributed by atoms with van der Waals surface area (Å²) in [5, 5.41) is 0. The zero-order valence-electron chi connectivity index (χ0n) is 13.2. The van der Waals surface area contributed by atoms with Crippen LogP contribution in [-0.2, 0) is 9.59 Å². The van der Waals surface area contributed by atoms with Crippen LogP contribution in [0.3, 0.4) is 0 Å². The Hall–Kier alpha value is -2.82. The molecule has 3 rings (SSSR count). The van der Waals surface area contributed by atoms with Crippen LogP contribution in [0.4, 0.5) is 11.4 Å². The number of carbonyl (C=O) groups excluding carboxylic acids is 2. The fraction of sp³-hybridized carbons (Fsp3) is 0.222. The van der Waals surface area contributed by atoms with Crippen LogP contribution < -0.4 is 14.5 Å². The van der Waals surface area contributed by atoms with Gasteiger partial charge in [-0.1, -0.05) is 24.3 Å². The molecule has 2 aromatic carbocycles. The largest absolute Gasteiger partial charge is 0.423 e. The average Bonchev–Trinajstić information content (AvgIpc) is 2.55. The van der Waals surface area contributed by atoms with Crippen molar-refractivity contribution in [2.24, 2.45) is 0 Å². The second-order valence-corrected chi connectivity index (χ2v) is 5.59. The monoisotopic (exact) mass is 310 g/mol. The van der Waals surface area contributed by atoms with E-state index in [1.807, 2.05) is 49.4 Å². The van der Waals surface area contributed by atoms with E-state index >= 15 is 0 Å². The second-order valence-electron chi connectivity index (χ2n) is 5.59. The number of anilines is 2. The lowest BCUT2D eigenvalue weighted by Crippen LogP contribution is -2.44. The van der Waals surface area contributed by atoms with Gasteiger partial charge in [-0.15, -0.1) is 0 Å². The Balaban J connectivity index is 1.81. The predicted molar refractivity (Wildman–Crippen MR) is 88.9 cm³/mol. The van der Waals surface area contributed by atoms with Crippen LogP contribution in [0, 0.1) is 6.92 Å². The third-order valence-electron chi connectivity index (χ3n) is 3.84. The van der Waals surface area contributed by atoms with Gasteiger partial charge < -0.3 is 14.5 Å². The van der Waals surface area contributed by atoms with Crippen molar-refractivity contribution >= 4 is 23.3 Å². The maximum absolute atomic E-state index is 12.5. The van der Waals surface area contributed by atoms with Gasteiger partial charge in [0.2, 0.25) is 5.91 Å². The molecule has 1 aliphatic heterocycles. The summed E-state index contributed by atoms with van der Waals surface area (Å²) >= 11 is 0. The van der Waals surface area contributed by atoms with Crippen molar-refractivity contribution in [3.05, 3.63) is 54.1 Å². The Morgan fingerprint density at radius 3 is 2.70 bits per heavy atom. The van der Waals surface area contributed by atoms with Crippen molar-refractivity contribution in [3.63, 3.8) is 0 Å². The van der Waals surface area contributed by atoms with E-state index in [0.717, 1.165) is 16.9 Å². The summed E-state index contributed by atoms with van der Waals surface area (Å²) in [4.78, 5) is 27.7. The van der Waals surface area contributed by atoms with Gasteiger partial charge in [-0.2, -0.15) is 0 Å². The SMILES string of the molecule is Cc1ccc2c(c1)N(CC(=O)N(C)c1ccccc1)CC(=O)O2. The Bertz CT molecular complexity index is 743. The highest BCUT2D eigenvalue weighted by Crippen LogP contribution is 2.32. The molecule has 1 aliphatic rings. The zero-order valence-corrected chi connectivity index (χ0v) is 13.2. The first kappa shape index (κ1) is 15.1. The molecule has 0 bridgehead atoms. The maximum atomic E-state index is 12.5. The first-order valence-corrected chi connectivity index (χ1v) is 7.42. The Morgan fingerprint density at radius 2 is 1.96 bits per heavy atom. The molecular weight excluding hydrogens is 292 g/mol. The van der Waals surface area contributed by atoms with Crippen molar-refractivity contribution in [2.45, 2.75) is 6.92 Å². The summed E-state index contributed by atoms with van der Waals surface area (Å²) in [6.07, 6.45) is 0. The topological polar surface area (TPSA) is 49.9 Å². The minimum absolute atomic E-state index is 0.0742. The Kier molecular flexibility index (Phi) is 4.02. The first-order valence-electron chi connectivity index (χ1n) is 7.42. The summed E-state index contributed by atoms with van der Waals surface area (Å²) in [5.74, 6) is 0.0666. The highest BCUT2D eigenvalue weighted by molar-refractivity contribution is 5.97. The first-order chi connectivity index (χ1) is 11.0. The summed E-state index contributed by atoms with van der Waals surface area (Å²) in [7, 11) is 1.73. The average molecular weight is 310 g/mol. The van der Waals surface area contributed by atoms with Gasteiger partial charge in [0.1, 0.15) is 6.54 Å². The molecule has 1 heterocycles. The van der Waals surface area contributed by atoms with E-state index in [2.05, 4.69) is 0 Å². The molecule has 5 nitrogen and oxygen atoms in total. The molecule has 0 unspecified atom stereocenters. The van der Waals surface area contributed by atoms with Crippen LogP contribution in [0.2, 0.25) is 0 Å². The molecule has 0 atom stereocenters. The van der Waals surface area contributed by atoms with Crippen molar-refractivity contribution < 1.29 is 14.3 Å². The molecule has 2 aromatic rings. The highest BCUT2D eigenvalue weighted by Gasteiger charge is 2.26. The quantitative estimate of drug-likeness (QED) is 0.645. The molecule has 0 saturated carbocycles. The molecule has 0 aliphatic carbocycles. The van der Waals surface area contributed by atoms with E-state index in [0.29, 0.717) is 5.75 Å². The van der Waals surface area contributed by atoms with E-state index in [1.165, 1.54) is 0 Å². The lowest BCUT2D eigenvalue weighted by Gasteiger charge is -2.31. The number of benzene rings is 2. The number of nitrogens with zero attached hydrogens (tertiary/aromatic N) is 2. The van der Waals surface area contributed by atoms with E-state index < -0.39 is 0 Å². The molecular formula is C18H18N2O3. The number of hydrogen-bond donors (Lipinski definition) is 0. The fourth-order valence-electron chi connectivity index (χ4n) is 2.56. The minimum atomic E-state index is -0.350. The molecule has 0 radical (unpaired) electrons. The smallest absolute Gasteiger partial charge is 0.331 e. The zero-order chi connectivity index (χ0) is 16.4. The van der Waals surface area contributed by atoms with Crippen molar-refractivity contribution in [1.29, 1.82) is 0 Å². The van der Waals surface area contributed by atoms with Gasteiger partial charge in [0.15, 0.2) is 5.75 Å². The highest BCUT2D eigenvalue weighted by atomic mass is 16.5. The van der Waals surface area contributed by atoms with Gasteiger partial charge in [-0.25, -0.2) is 4.79 Å². The number of carbonyl (C=O) groups is 2. The van der Waals surface area contributed by atoms with Crippen LogP contribution in [0.25, 0.3) is 0 Å². The maximum Gasteiger partial charge on any atom is 0.331 e. The third-order valence-corrected chi connectivity index (χ3v) is 3.84. The van der Waals surface area contributed by atoms with E-state index in [1.54, 1.807) is 22.9 Å². The van der Waals surface area contributed by atoms with Gasteiger partial charge in [-0.3, -0.25) is 4.79 Å².